The molecule has 0 aliphatic carbocycles. The summed E-state index contributed by atoms with van der Waals surface area (Å²) in [5, 5.41) is 8.98. The minimum atomic E-state index is 1.12. The highest BCUT2D eigenvalue weighted by Crippen LogP contribution is 2.32. The summed E-state index contributed by atoms with van der Waals surface area (Å²) in [7, 11) is 0. The third-order valence-electron chi connectivity index (χ3n) is 6.70. The highest BCUT2D eigenvalue weighted by Gasteiger charge is 2.09. The van der Waals surface area contributed by atoms with Crippen molar-refractivity contribution in [2.24, 2.45) is 0 Å². The minimum Gasteiger partial charge on any atom is -0.355 e. The second-order valence-electron chi connectivity index (χ2n) is 8.75. The quantitative estimate of drug-likeness (QED) is 0.263. The van der Waals surface area contributed by atoms with Crippen molar-refractivity contribution in [1.29, 1.82) is 0 Å². The predicted molar refractivity (Wildman–Crippen MR) is 154 cm³/mol. The van der Waals surface area contributed by atoms with E-state index in [1.807, 2.05) is 19.1 Å². The van der Waals surface area contributed by atoms with Crippen LogP contribution in [0.2, 0.25) is 0 Å². The molecule has 2 heteroatoms. The number of aromatic amines is 2. The summed E-state index contributed by atoms with van der Waals surface area (Å²) in [5.74, 6) is 0. The van der Waals surface area contributed by atoms with Gasteiger partial charge >= 0.3 is 0 Å². The average molecular weight is 451 g/mol. The monoisotopic (exact) mass is 450 g/mol. The van der Waals surface area contributed by atoms with Gasteiger partial charge in [0.15, 0.2) is 0 Å². The molecule has 0 radical (unpaired) electrons. The first kappa shape index (κ1) is 21.0. The second kappa shape index (κ2) is 8.66. The lowest BCUT2D eigenvalue weighted by atomic mass is 10.0. The number of hydrogen-bond donors (Lipinski definition) is 2. The van der Waals surface area contributed by atoms with Crippen LogP contribution in [0.25, 0.3) is 66.4 Å². The summed E-state index contributed by atoms with van der Waals surface area (Å²) in [6, 6.07) is 34.1. The molecule has 0 saturated carbocycles. The first-order valence-electron chi connectivity index (χ1n) is 11.9. The summed E-state index contributed by atoms with van der Waals surface area (Å²) in [4.78, 5) is 6.97. The number of fused-ring (bicyclic) bond motifs is 8. The lowest BCUT2D eigenvalue weighted by Crippen LogP contribution is -1.76. The van der Waals surface area contributed by atoms with Gasteiger partial charge in [0, 0.05) is 43.8 Å². The number of allylic oxidation sites excluding steroid dienone is 1. The van der Waals surface area contributed by atoms with Crippen LogP contribution in [0.15, 0.2) is 110 Å². The van der Waals surface area contributed by atoms with Crippen LogP contribution in [0.3, 0.4) is 0 Å². The summed E-state index contributed by atoms with van der Waals surface area (Å²) in [5.41, 5.74) is 5.92. The van der Waals surface area contributed by atoms with Crippen LogP contribution in [0.4, 0.5) is 0 Å². The van der Waals surface area contributed by atoms with Gasteiger partial charge in [-0.1, -0.05) is 104 Å². The standard InChI is InChI=1S/C17H15N.C16H11N/c1-3-7-15-13(4-2)17-14-9-6-5-8-12(14)10-11-16(17)18-15;1-2-6-12-11(5-1)9-10-14-13-7-3-4-8-15(13)17-16(12)14/h3-11,18H,2H2,1H3;1-10,17H/b7-3-;. The van der Waals surface area contributed by atoms with E-state index >= 15 is 0 Å². The highest BCUT2D eigenvalue weighted by molar-refractivity contribution is 6.17. The maximum absolute atomic E-state index is 3.95. The Morgan fingerprint density at radius 2 is 1.26 bits per heavy atom. The van der Waals surface area contributed by atoms with Gasteiger partial charge in [0.05, 0.1) is 5.52 Å². The topological polar surface area (TPSA) is 31.6 Å². The fourth-order valence-electron chi connectivity index (χ4n) is 5.12. The van der Waals surface area contributed by atoms with E-state index in [1.54, 1.807) is 0 Å². The van der Waals surface area contributed by atoms with Crippen molar-refractivity contribution >= 4 is 66.4 Å². The molecule has 0 unspecified atom stereocenters. The number of hydrogen-bond acceptors (Lipinski definition) is 0. The molecule has 0 fully saturated rings. The summed E-state index contributed by atoms with van der Waals surface area (Å²) < 4.78 is 0. The van der Waals surface area contributed by atoms with E-state index in [9.17, 15) is 0 Å². The molecule has 0 aliphatic heterocycles. The first-order chi connectivity index (χ1) is 17.3. The molecule has 0 bridgehead atoms. The predicted octanol–water partition coefficient (Wildman–Crippen LogP) is 9.47. The fourth-order valence-corrected chi connectivity index (χ4v) is 5.12. The van der Waals surface area contributed by atoms with E-state index in [2.05, 4.69) is 120 Å². The van der Waals surface area contributed by atoms with Gasteiger partial charge in [-0.15, -0.1) is 0 Å². The van der Waals surface area contributed by atoms with Crippen molar-refractivity contribution in [2.75, 3.05) is 0 Å². The SMILES string of the molecule is C=Cc1c(/C=C\C)[nH]c2ccc3ccccc3c12.c1ccc2c(c1)ccc1c3ccccc3[nH]c21. The highest BCUT2D eigenvalue weighted by atomic mass is 14.7. The Bertz CT molecular complexity index is 1880. The van der Waals surface area contributed by atoms with Crippen LogP contribution in [0.5, 0.6) is 0 Å². The Morgan fingerprint density at radius 3 is 2.03 bits per heavy atom. The van der Waals surface area contributed by atoms with Crippen LogP contribution < -0.4 is 0 Å². The second-order valence-corrected chi connectivity index (χ2v) is 8.75. The lowest BCUT2D eigenvalue weighted by Gasteiger charge is -2.00. The van der Waals surface area contributed by atoms with Gasteiger partial charge in [0.2, 0.25) is 0 Å². The van der Waals surface area contributed by atoms with Gasteiger partial charge in [-0.25, -0.2) is 0 Å². The Morgan fingerprint density at radius 1 is 0.600 bits per heavy atom. The maximum Gasteiger partial charge on any atom is 0.0544 e. The molecule has 0 amide bonds. The minimum absolute atomic E-state index is 1.12. The normalized spacial score (nSPS) is 11.6. The number of nitrogens with one attached hydrogen (secondary N) is 2. The molecule has 168 valence electrons. The smallest absolute Gasteiger partial charge is 0.0544 e. The summed E-state index contributed by atoms with van der Waals surface area (Å²) in [6.45, 7) is 5.97. The van der Waals surface area contributed by atoms with Gasteiger partial charge in [-0.05, 0) is 41.3 Å². The fraction of sp³-hybridized carbons (Fsp3) is 0.0303. The van der Waals surface area contributed by atoms with Gasteiger partial charge in [-0.2, -0.15) is 0 Å². The number of para-hydroxylation sites is 1. The largest absolute Gasteiger partial charge is 0.355 e. The van der Waals surface area contributed by atoms with E-state index in [4.69, 9.17) is 0 Å². The molecule has 2 heterocycles. The van der Waals surface area contributed by atoms with Crippen LogP contribution in [0, 0.1) is 0 Å². The molecule has 0 aliphatic rings. The molecule has 5 aromatic carbocycles. The first-order valence-corrected chi connectivity index (χ1v) is 11.9. The van der Waals surface area contributed by atoms with Crippen LogP contribution in [-0.2, 0) is 0 Å². The summed E-state index contributed by atoms with van der Waals surface area (Å²) >= 11 is 0. The van der Waals surface area contributed by atoms with Gasteiger partial charge in [0.1, 0.15) is 0 Å². The van der Waals surface area contributed by atoms with E-state index < -0.39 is 0 Å². The molecule has 2 N–H and O–H groups in total. The van der Waals surface area contributed by atoms with Crippen molar-refractivity contribution in [2.45, 2.75) is 6.92 Å². The maximum atomic E-state index is 3.95. The van der Waals surface area contributed by atoms with Gasteiger partial charge < -0.3 is 9.97 Å². The average Bonchev–Trinajstić information content (AvgIpc) is 3.47. The van der Waals surface area contributed by atoms with Crippen molar-refractivity contribution in [3.8, 4) is 0 Å². The van der Waals surface area contributed by atoms with Crippen molar-refractivity contribution in [3.05, 3.63) is 121 Å². The van der Waals surface area contributed by atoms with Crippen molar-refractivity contribution in [3.63, 3.8) is 0 Å². The van der Waals surface area contributed by atoms with Gasteiger partial charge in [-0.3, -0.25) is 0 Å². The van der Waals surface area contributed by atoms with E-state index in [1.165, 1.54) is 54.3 Å². The molecule has 35 heavy (non-hydrogen) atoms. The molecule has 7 rings (SSSR count). The van der Waals surface area contributed by atoms with Crippen LogP contribution in [-0.4, -0.2) is 9.97 Å². The third kappa shape index (κ3) is 3.51. The zero-order chi connectivity index (χ0) is 23.8. The Labute approximate surface area is 204 Å². The number of benzene rings is 5. The van der Waals surface area contributed by atoms with E-state index in [0.717, 1.165) is 11.2 Å². The number of aromatic nitrogens is 2. The van der Waals surface area contributed by atoms with Crippen LogP contribution >= 0.6 is 0 Å². The lowest BCUT2D eigenvalue weighted by molar-refractivity contribution is 1.42. The molecule has 0 saturated heterocycles. The molecule has 2 nitrogen and oxygen atoms in total. The molecule has 0 atom stereocenters. The Balaban J connectivity index is 0.000000131. The third-order valence-corrected chi connectivity index (χ3v) is 6.70. The zero-order valence-electron chi connectivity index (χ0n) is 19.7. The number of rotatable bonds is 2. The van der Waals surface area contributed by atoms with Crippen molar-refractivity contribution < 1.29 is 0 Å². The molecular weight excluding hydrogens is 424 g/mol. The molecule has 2 aromatic heterocycles. The number of H-pyrrole nitrogens is 2. The van der Waals surface area contributed by atoms with E-state index in [-0.39, 0.29) is 0 Å². The van der Waals surface area contributed by atoms with Crippen LogP contribution in [0.1, 0.15) is 18.2 Å². The zero-order valence-corrected chi connectivity index (χ0v) is 19.7. The van der Waals surface area contributed by atoms with Gasteiger partial charge in [0.25, 0.3) is 0 Å². The van der Waals surface area contributed by atoms with Crippen molar-refractivity contribution in [1.82, 2.24) is 9.97 Å². The van der Waals surface area contributed by atoms with E-state index in [0.29, 0.717) is 0 Å². The Hall–Kier alpha value is -4.56. The molecule has 7 aromatic rings. The summed E-state index contributed by atoms with van der Waals surface area (Å²) in [6.07, 6.45) is 6.06. The molecular formula is C33H26N2. The Kier molecular flexibility index (Phi) is 5.20. The molecule has 0 spiro atoms.